The van der Waals surface area contributed by atoms with Crippen LogP contribution in [0.5, 0.6) is 0 Å². The Morgan fingerprint density at radius 3 is 3.00 bits per heavy atom. The second-order valence-electron chi connectivity index (χ2n) is 7.92. The summed E-state index contributed by atoms with van der Waals surface area (Å²) in [5.74, 6) is 1.03. The normalized spacial score (nSPS) is 23.7. The molecule has 1 aromatic rings. The Kier molecular flexibility index (Phi) is 6.22. The molecular formula is C20H32N4OS. The summed E-state index contributed by atoms with van der Waals surface area (Å²) in [6.45, 7) is 8.58. The van der Waals surface area contributed by atoms with E-state index in [1.54, 1.807) is 11.3 Å². The molecule has 0 radical (unpaired) electrons. The smallest absolute Gasteiger partial charge is 0.242 e. The molecule has 6 heteroatoms. The third kappa shape index (κ3) is 4.40. The van der Waals surface area contributed by atoms with Gasteiger partial charge in [-0.15, -0.1) is 11.3 Å². The van der Waals surface area contributed by atoms with Gasteiger partial charge in [0.05, 0.1) is 6.54 Å². The molecule has 5 nitrogen and oxygen atoms in total. The van der Waals surface area contributed by atoms with Crippen molar-refractivity contribution in [1.82, 2.24) is 15.1 Å². The highest BCUT2D eigenvalue weighted by Crippen LogP contribution is 2.33. The predicted octanol–water partition coefficient (Wildman–Crippen LogP) is 3.11. The number of amides is 1. The van der Waals surface area contributed by atoms with Gasteiger partial charge >= 0.3 is 0 Å². The number of aliphatic imine (C=N–C) groups is 1. The van der Waals surface area contributed by atoms with E-state index in [-0.39, 0.29) is 5.91 Å². The third-order valence-corrected chi connectivity index (χ3v) is 6.73. The van der Waals surface area contributed by atoms with Crippen LogP contribution in [0.2, 0.25) is 0 Å². The van der Waals surface area contributed by atoms with Crippen LogP contribution in [0.4, 0.5) is 0 Å². The first-order valence-corrected chi connectivity index (χ1v) is 10.7. The lowest BCUT2D eigenvalue weighted by molar-refractivity contribution is -0.130. The number of hydrogen-bond donors (Lipinski definition) is 1. The van der Waals surface area contributed by atoms with E-state index in [9.17, 15) is 4.79 Å². The van der Waals surface area contributed by atoms with Crippen molar-refractivity contribution < 1.29 is 4.79 Å². The van der Waals surface area contributed by atoms with E-state index in [1.165, 1.54) is 36.1 Å². The van der Waals surface area contributed by atoms with Gasteiger partial charge in [0.1, 0.15) is 0 Å². The maximum atomic E-state index is 12.7. The summed E-state index contributed by atoms with van der Waals surface area (Å²) in [6, 6.07) is 2.15. The third-order valence-electron chi connectivity index (χ3n) is 5.70. The van der Waals surface area contributed by atoms with Crippen molar-refractivity contribution in [1.29, 1.82) is 0 Å². The summed E-state index contributed by atoms with van der Waals surface area (Å²) < 4.78 is 0. The number of rotatable bonds is 4. The highest BCUT2D eigenvalue weighted by atomic mass is 32.1. The second-order valence-corrected chi connectivity index (χ2v) is 8.92. The van der Waals surface area contributed by atoms with Crippen molar-refractivity contribution in [2.75, 3.05) is 33.2 Å². The van der Waals surface area contributed by atoms with Gasteiger partial charge in [0.25, 0.3) is 0 Å². The number of nitrogens with zero attached hydrogens (tertiary/aromatic N) is 3. The Balaban J connectivity index is 1.53. The minimum Gasteiger partial charge on any atom is -0.347 e. The lowest BCUT2D eigenvalue weighted by Crippen LogP contribution is -2.52. The van der Waals surface area contributed by atoms with Crippen LogP contribution in [0.1, 0.15) is 50.0 Å². The largest absolute Gasteiger partial charge is 0.347 e. The summed E-state index contributed by atoms with van der Waals surface area (Å²) in [5, 5.41) is 5.45. The van der Waals surface area contributed by atoms with E-state index in [0.29, 0.717) is 12.0 Å². The van der Waals surface area contributed by atoms with E-state index < -0.39 is 0 Å². The van der Waals surface area contributed by atoms with E-state index in [2.05, 4.69) is 40.5 Å². The Labute approximate surface area is 161 Å². The Hall–Kier alpha value is -1.56. The molecule has 0 bridgehead atoms. The van der Waals surface area contributed by atoms with Gasteiger partial charge in [-0.05, 0) is 48.1 Å². The molecule has 1 aromatic heterocycles. The van der Waals surface area contributed by atoms with Gasteiger partial charge in [0, 0.05) is 38.1 Å². The fourth-order valence-corrected chi connectivity index (χ4v) is 5.25. The highest BCUT2D eigenvalue weighted by Gasteiger charge is 2.31. The molecule has 3 rings (SSSR count). The Morgan fingerprint density at radius 2 is 2.23 bits per heavy atom. The summed E-state index contributed by atoms with van der Waals surface area (Å²) in [4.78, 5) is 22.8. The monoisotopic (exact) mass is 376 g/mol. The van der Waals surface area contributed by atoms with Gasteiger partial charge in [-0.25, -0.2) is 0 Å². The minimum absolute atomic E-state index is 0.163. The highest BCUT2D eigenvalue weighted by molar-refractivity contribution is 7.10. The standard InChI is InChI=1S/C20H32N4OS/c1-4-8-20(2)9-5-10-24(15-20)19(21-3)22-13-18(25)23-11-6-17-16(14-23)7-12-26-17/h7,12H,4-6,8-11,13-15H2,1-3H3,(H,21,22). The van der Waals surface area contributed by atoms with E-state index in [0.717, 1.165) is 38.6 Å². The summed E-state index contributed by atoms with van der Waals surface area (Å²) in [5.41, 5.74) is 1.67. The fraction of sp³-hybridized carbons (Fsp3) is 0.700. The molecule has 0 spiro atoms. The quantitative estimate of drug-likeness (QED) is 0.649. The summed E-state index contributed by atoms with van der Waals surface area (Å²) in [6.07, 6.45) is 5.92. The lowest BCUT2D eigenvalue weighted by atomic mass is 9.78. The SMILES string of the molecule is CCCC1(C)CCCN(C(=NC)NCC(=O)N2CCc3sccc3C2)C1. The van der Waals surface area contributed by atoms with Crippen LogP contribution in [0.25, 0.3) is 0 Å². The van der Waals surface area contributed by atoms with Crippen molar-refractivity contribution in [2.45, 2.75) is 52.5 Å². The van der Waals surface area contributed by atoms with Crippen LogP contribution in [0.15, 0.2) is 16.4 Å². The average Bonchev–Trinajstić information content (AvgIpc) is 3.10. The molecule has 26 heavy (non-hydrogen) atoms. The zero-order valence-corrected chi connectivity index (χ0v) is 17.2. The van der Waals surface area contributed by atoms with E-state index >= 15 is 0 Å². The molecule has 3 heterocycles. The number of carbonyl (C=O) groups is 1. The van der Waals surface area contributed by atoms with Crippen LogP contribution in [0, 0.1) is 5.41 Å². The molecule has 1 fully saturated rings. The molecule has 1 unspecified atom stereocenters. The van der Waals surface area contributed by atoms with Crippen molar-refractivity contribution in [3.05, 3.63) is 21.9 Å². The van der Waals surface area contributed by atoms with Gasteiger partial charge in [-0.2, -0.15) is 0 Å². The van der Waals surface area contributed by atoms with Gasteiger partial charge in [0.15, 0.2) is 5.96 Å². The minimum atomic E-state index is 0.163. The van der Waals surface area contributed by atoms with Gasteiger partial charge in [-0.1, -0.05) is 20.3 Å². The van der Waals surface area contributed by atoms with Crippen LogP contribution in [-0.4, -0.2) is 54.9 Å². The number of nitrogens with one attached hydrogen (secondary N) is 1. The number of thiophene rings is 1. The Morgan fingerprint density at radius 1 is 1.38 bits per heavy atom. The number of fused-ring (bicyclic) bond motifs is 1. The van der Waals surface area contributed by atoms with Gasteiger partial charge < -0.3 is 15.1 Å². The average molecular weight is 377 g/mol. The predicted molar refractivity (Wildman–Crippen MR) is 109 cm³/mol. The van der Waals surface area contributed by atoms with Crippen molar-refractivity contribution >= 4 is 23.2 Å². The second kappa shape index (κ2) is 8.42. The van der Waals surface area contributed by atoms with E-state index in [4.69, 9.17) is 0 Å². The number of hydrogen-bond acceptors (Lipinski definition) is 3. The summed E-state index contributed by atoms with van der Waals surface area (Å²) >= 11 is 1.80. The van der Waals surface area contributed by atoms with E-state index in [1.807, 2.05) is 11.9 Å². The topological polar surface area (TPSA) is 47.9 Å². The van der Waals surface area contributed by atoms with Crippen molar-refractivity contribution in [3.8, 4) is 0 Å². The molecule has 1 saturated heterocycles. The molecule has 1 atom stereocenters. The molecule has 1 amide bonds. The molecule has 144 valence electrons. The zero-order chi connectivity index (χ0) is 18.6. The van der Waals surface area contributed by atoms with Crippen LogP contribution in [-0.2, 0) is 17.8 Å². The molecular weight excluding hydrogens is 344 g/mol. The molecule has 2 aliphatic rings. The maximum Gasteiger partial charge on any atom is 0.242 e. The first-order chi connectivity index (χ1) is 12.5. The molecule has 0 saturated carbocycles. The molecule has 0 aliphatic carbocycles. The maximum absolute atomic E-state index is 12.7. The van der Waals surface area contributed by atoms with Crippen LogP contribution >= 0.6 is 11.3 Å². The lowest BCUT2D eigenvalue weighted by Gasteiger charge is -2.42. The first kappa shape index (κ1) is 19.2. The zero-order valence-electron chi connectivity index (χ0n) is 16.4. The number of piperidine rings is 1. The van der Waals surface area contributed by atoms with Gasteiger partial charge in [0.2, 0.25) is 5.91 Å². The van der Waals surface area contributed by atoms with Crippen molar-refractivity contribution in [3.63, 3.8) is 0 Å². The first-order valence-electron chi connectivity index (χ1n) is 9.83. The number of likely N-dealkylation sites (tertiary alicyclic amines) is 1. The Bertz CT molecular complexity index is 652. The van der Waals surface area contributed by atoms with Gasteiger partial charge in [-0.3, -0.25) is 9.79 Å². The molecule has 1 N–H and O–H groups in total. The van der Waals surface area contributed by atoms with Crippen LogP contribution in [0.3, 0.4) is 0 Å². The fourth-order valence-electron chi connectivity index (χ4n) is 4.36. The molecule has 2 aliphatic heterocycles. The molecule has 0 aromatic carbocycles. The van der Waals surface area contributed by atoms with Crippen molar-refractivity contribution in [2.24, 2.45) is 10.4 Å². The summed E-state index contributed by atoms with van der Waals surface area (Å²) in [7, 11) is 1.82. The number of carbonyl (C=O) groups excluding carboxylic acids is 1. The van der Waals surface area contributed by atoms with Crippen LogP contribution < -0.4 is 5.32 Å². The number of guanidine groups is 1.